The minimum Gasteiger partial charge on any atom is -0.504 e. The van der Waals surface area contributed by atoms with Crippen molar-refractivity contribution in [3.05, 3.63) is 53.6 Å². The fourth-order valence-electron chi connectivity index (χ4n) is 4.71. The van der Waals surface area contributed by atoms with Gasteiger partial charge in [0.2, 0.25) is 0 Å². The number of ether oxygens (including phenoxy) is 5. The first-order chi connectivity index (χ1) is 21.4. The molecule has 16 heteroatoms. The topological polar surface area (TPSA) is 266 Å². The summed E-state index contributed by atoms with van der Waals surface area (Å²) in [6.45, 7) is -1.44. The summed E-state index contributed by atoms with van der Waals surface area (Å²) >= 11 is 0. The number of carbonyl (C=O) groups excluding carboxylic acids is 1. The molecule has 0 radical (unpaired) electrons. The van der Waals surface area contributed by atoms with Gasteiger partial charge in [-0.2, -0.15) is 0 Å². The summed E-state index contributed by atoms with van der Waals surface area (Å²) in [6, 6.07) is 7.97. The van der Waals surface area contributed by atoms with Crippen molar-refractivity contribution in [2.75, 3.05) is 19.8 Å². The number of carbonyl (C=O) groups is 1. The maximum atomic E-state index is 12.4. The van der Waals surface area contributed by atoms with Crippen LogP contribution in [0.1, 0.15) is 11.1 Å². The summed E-state index contributed by atoms with van der Waals surface area (Å²) in [6.07, 6.45) is -13.9. The van der Waals surface area contributed by atoms with E-state index in [1.54, 1.807) is 0 Å². The van der Waals surface area contributed by atoms with Crippen molar-refractivity contribution in [1.29, 1.82) is 0 Å². The van der Waals surface area contributed by atoms with Crippen LogP contribution in [-0.4, -0.2) is 138 Å². The molecule has 10 N–H and O–H groups in total. The van der Waals surface area contributed by atoms with Crippen LogP contribution in [0.25, 0.3) is 6.08 Å². The smallest absolute Gasteiger partial charge is 0.330 e. The zero-order chi connectivity index (χ0) is 32.8. The van der Waals surface area contributed by atoms with Crippen LogP contribution >= 0.6 is 0 Å². The quantitative estimate of drug-likeness (QED) is 0.0720. The molecule has 2 heterocycles. The van der Waals surface area contributed by atoms with Gasteiger partial charge < -0.3 is 74.7 Å². The zero-order valence-electron chi connectivity index (χ0n) is 23.6. The minimum atomic E-state index is -1.85. The molecule has 2 saturated heterocycles. The Balaban J connectivity index is 1.45. The van der Waals surface area contributed by atoms with E-state index < -0.39 is 86.3 Å². The normalized spacial score (nSPS) is 32.0. The highest BCUT2D eigenvalue weighted by atomic mass is 16.7. The van der Waals surface area contributed by atoms with Gasteiger partial charge in [0.1, 0.15) is 55.4 Å². The fourth-order valence-corrected chi connectivity index (χ4v) is 4.71. The second-order valence-corrected chi connectivity index (χ2v) is 10.5. The van der Waals surface area contributed by atoms with Gasteiger partial charge in [0.05, 0.1) is 13.2 Å². The van der Waals surface area contributed by atoms with Crippen molar-refractivity contribution in [1.82, 2.24) is 0 Å². The van der Waals surface area contributed by atoms with Gasteiger partial charge in [-0.3, -0.25) is 0 Å². The third-order valence-electron chi connectivity index (χ3n) is 7.30. The lowest BCUT2D eigenvalue weighted by atomic mass is 9.97. The van der Waals surface area contributed by atoms with Crippen molar-refractivity contribution in [3.63, 3.8) is 0 Å². The molecule has 4 rings (SSSR count). The molecule has 0 unspecified atom stereocenters. The van der Waals surface area contributed by atoms with E-state index in [0.717, 1.165) is 6.08 Å². The van der Waals surface area contributed by atoms with Crippen LogP contribution in [0.2, 0.25) is 0 Å². The predicted octanol–water partition coefficient (Wildman–Crippen LogP) is -2.04. The zero-order valence-corrected chi connectivity index (χ0v) is 23.6. The average molecular weight is 641 g/mol. The van der Waals surface area contributed by atoms with E-state index in [0.29, 0.717) is 11.1 Å². The molecular formula is C29H36O16. The number of esters is 1. The van der Waals surface area contributed by atoms with Crippen molar-refractivity contribution >= 4 is 12.0 Å². The molecule has 0 bridgehead atoms. The second-order valence-electron chi connectivity index (χ2n) is 10.5. The number of phenols is 4. The molecule has 2 aliphatic heterocycles. The highest BCUT2D eigenvalue weighted by molar-refractivity contribution is 5.87. The Hall–Kier alpha value is -3.55. The van der Waals surface area contributed by atoms with Crippen LogP contribution < -0.4 is 0 Å². The van der Waals surface area contributed by atoms with Crippen molar-refractivity contribution in [2.24, 2.45) is 0 Å². The van der Waals surface area contributed by atoms with Crippen molar-refractivity contribution in [2.45, 2.75) is 67.8 Å². The molecule has 248 valence electrons. The van der Waals surface area contributed by atoms with Crippen molar-refractivity contribution < 1.29 is 79.5 Å². The largest absolute Gasteiger partial charge is 0.504 e. The van der Waals surface area contributed by atoms with E-state index in [2.05, 4.69) is 0 Å². The van der Waals surface area contributed by atoms with Gasteiger partial charge >= 0.3 is 5.97 Å². The summed E-state index contributed by atoms with van der Waals surface area (Å²) in [5.74, 6) is -2.31. The number of aliphatic hydroxyl groups is 6. The van der Waals surface area contributed by atoms with E-state index in [9.17, 15) is 55.9 Å². The van der Waals surface area contributed by atoms with Gasteiger partial charge in [0.15, 0.2) is 35.6 Å². The van der Waals surface area contributed by atoms with Gasteiger partial charge in [0.25, 0.3) is 0 Å². The van der Waals surface area contributed by atoms with E-state index in [1.807, 2.05) is 0 Å². The van der Waals surface area contributed by atoms with Crippen LogP contribution in [0.4, 0.5) is 0 Å². The monoisotopic (exact) mass is 640 g/mol. The Morgan fingerprint density at radius 3 is 2.09 bits per heavy atom. The first-order valence-electron chi connectivity index (χ1n) is 13.9. The van der Waals surface area contributed by atoms with Gasteiger partial charge in [-0.15, -0.1) is 0 Å². The summed E-state index contributed by atoms with van der Waals surface area (Å²) in [7, 11) is 0. The Bertz CT molecular complexity index is 1320. The Morgan fingerprint density at radius 1 is 0.756 bits per heavy atom. The molecule has 2 fully saturated rings. The summed E-state index contributed by atoms with van der Waals surface area (Å²) < 4.78 is 27.5. The van der Waals surface area contributed by atoms with E-state index >= 15 is 0 Å². The Morgan fingerprint density at radius 2 is 1.42 bits per heavy atom. The third-order valence-corrected chi connectivity index (χ3v) is 7.30. The van der Waals surface area contributed by atoms with E-state index in [1.165, 1.54) is 42.5 Å². The molecule has 2 aliphatic rings. The van der Waals surface area contributed by atoms with Gasteiger partial charge in [-0.1, -0.05) is 12.1 Å². The maximum Gasteiger partial charge on any atom is 0.330 e. The molecule has 0 aromatic heterocycles. The highest BCUT2D eigenvalue weighted by Gasteiger charge is 2.51. The van der Waals surface area contributed by atoms with E-state index in [4.69, 9.17) is 23.7 Å². The van der Waals surface area contributed by atoms with Gasteiger partial charge in [0, 0.05) is 6.08 Å². The van der Waals surface area contributed by atoms with Gasteiger partial charge in [-0.25, -0.2) is 4.79 Å². The molecule has 2 aromatic rings. The number of aliphatic hydroxyl groups excluding tert-OH is 6. The number of hydrogen-bond donors (Lipinski definition) is 10. The number of rotatable bonds is 11. The van der Waals surface area contributed by atoms with Gasteiger partial charge in [-0.05, 0) is 47.9 Å². The average Bonchev–Trinajstić information content (AvgIpc) is 3.01. The first kappa shape index (κ1) is 34.3. The highest BCUT2D eigenvalue weighted by Crippen LogP contribution is 2.31. The van der Waals surface area contributed by atoms with Crippen LogP contribution in [0.5, 0.6) is 23.0 Å². The Labute approximate surface area is 256 Å². The molecule has 45 heavy (non-hydrogen) atoms. The maximum absolute atomic E-state index is 12.4. The second kappa shape index (κ2) is 15.2. The molecule has 0 saturated carbocycles. The van der Waals surface area contributed by atoms with Crippen LogP contribution in [0, 0.1) is 0 Å². The SMILES string of the molecule is O=C(C=Cc1ccc(O)c(O)c1)OC[C@H]1O[C@@H](OCCc2ccc(O)c(O)c2)[C@H](O)[C@@H](O[C@@H]2O[C@H](CO)[C@@H](O)[C@@H](O)[C@H]2O)[C@@H]1O. The fraction of sp³-hybridized carbons (Fsp3) is 0.483. The lowest BCUT2D eigenvalue weighted by molar-refractivity contribution is -0.360. The summed E-state index contributed by atoms with van der Waals surface area (Å²) in [5.41, 5.74) is 0.923. The van der Waals surface area contributed by atoms with Crippen LogP contribution in [-0.2, 0) is 34.9 Å². The number of hydrogen-bond acceptors (Lipinski definition) is 16. The Kier molecular flexibility index (Phi) is 11.6. The van der Waals surface area contributed by atoms with Crippen LogP contribution in [0.3, 0.4) is 0 Å². The molecule has 0 spiro atoms. The molecule has 0 aliphatic carbocycles. The molecule has 16 nitrogen and oxygen atoms in total. The molecule has 0 amide bonds. The first-order valence-corrected chi connectivity index (χ1v) is 13.9. The molecule has 2 aromatic carbocycles. The molecular weight excluding hydrogens is 604 g/mol. The van der Waals surface area contributed by atoms with Crippen molar-refractivity contribution in [3.8, 4) is 23.0 Å². The lowest BCUT2D eigenvalue weighted by Gasteiger charge is -2.46. The predicted molar refractivity (Wildman–Crippen MR) is 149 cm³/mol. The third kappa shape index (κ3) is 8.39. The summed E-state index contributed by atoms with van der Waals surface area (Å²) in [4.78, 5) is 12.4. The number of aromatic hydroxyl groups is 4. The van der Waals surface area contributed by atoms with E-state index in [-0.39, 0.29) is 30.3 Å². The number of benzene rings is 2. The minimum absolute atomic E-state index is 0.108. The summed E-state index contributed by atoms with van der Waals surface area (Å²) in [5, 5.41) is 100. The van der Waals surface area contributed by atoms with Crippen LogP contribution in [0.15, 0.2) is 42.5 Å². The molecule has 10 atom stereocenters. The number of phenolic OH excluding ortho intramolecular Hbond substituents is 4. The standard InChI is InChI=1S/C29H36O16/c30-11-19-22(36)24(38)25(39)29(43-19)45-27-23(37)20(12-42-21(35)6-3-13-1-4-15(31)17(33)9-13)44-28(26(27)40)41-8-7-14-2-5-16(32)18(34)10-14/h1-6,9-10,19-20,22-34,36-40H,7-8,11-12H2/t19-,20-,22-,23-,24-,25-,26-,27+,28-,29+/m1/s1. The lowest BCUT2D eigenvalue weighted by Crippen LogP contribution is -2.65.